The molecule has 0 saturated carbocycles. The summed E-state index contributed by atoms with van der Waals surface area (Å²) in [4.78, 5) is 25.5. The van der Waals surface area contributed by atoms with E-state index in [1.807, 2.05) is 18.2 Å². The summed E-state index contributed by atoms with van der Waals surface area (Å²) >= 11 is 0. The molecule has 1 N–H and O–H groups in total. The smallest absolute Gasteiger partial charge is 0.231 e. The van der Waals surface area contributed by atoms with Crippen molar-refractivity contribution >= 4 is 11.8 Å². The van der Waals surface area contributed by atoms with Gasteiger partial charge in [-0.2, -0.15) is 0 Å². The zero-order chi connectivity index (χ0) is 14.8. The highest BCUT2D eigenvalue weighted by atomic mass is 16.7. The Labute approximate surface area is 123 Å². The topological polar surface area (TPSA) is 67.9 Å². The van der Waals surface area contributed by atoms with E-state index in [4.69, 9.17) is 9.47 Å². The van der Waals surface area contributed by atoms with Gasteiger partial charge in [0.1, 0.15) is 0 Å². The first kappa shape index (κ1) is 13.7. The number of carbonyl (C=O) groups is 2. The molecule has 2 aliphatic heterocycles. The van der Waals surface area contributed by atoms with Gasteiger partial charge in [0.25, 0.3) is 0 Å². The van der Waals surface area contributed by atoms with E-state index in [1.54, 1.807) is 11.9 Å². The molecule has 0 bridgehead atoms. The van der Waals surface area contributed by atoms with Crippen molar-refractivity contribution in [1.29, 1.82) is 0 Å². The van der Waals surface area contributed by atoms with Crippen molar-refractivity contribution in [2.45, 2.75) is 19.4 Å². The van der Waals surface area contributed by atoms with Gasteiger partial charge in [0.2, 0.25) is 18.6 Å². The minimum Gasteiger partial charge on any atom is -0.454 e. The average Bonchev–Trinajstić information content (AvgIpc) is 2.96. The number of hydrogen-bond acceptors (Lipinski definition) is 4. The molecule has 21 heavy (non-hydrogen) atoms. The van der Waals surface area contributed by atoms with Crippen molar-refractivity contribution in [2.75, 3.05) is 20.4 Å². The van der Waals surface area contributed by atoms with Crippen molar-refractivity contribution in [3.63, 3.8) is 0 Å². The minimum atomic E-state index is -0.234. The van der Waals surface area contributed by atoms with Crippen LogP contribution in [0.15, 0.2) is 18.2 Å². The maximum atomic E-state index is 12.2. The monoisotopic (exact) mass is 290 g/mol. The number of benzene rings is 1. The van der Waals surface area contributed by atoms with E-state index in [-0.39, 0.29) is 30.9 Å². The quantitative estimate of drug-likeness (QED) is 0.898. The standard InChI is InChI=1S/C15H18N2O4/c1-17-6-5-10(7-13(17)18)15(19)16-8-11-3-2-4-12-14(11)21-9-20-12/h2-4,10H,5-9H2,1H3,(H,16,19). The van der Waals surface area contributed by atoms with E-state index in [1.165, 1.54) is 0 Å². The lowest BCUT2D eigenvalue weighted by molar-refractivity contribution is -0.139. The zero-order valence-electron chi connectivity index (χ0n) is 11.9. The normalized spacial score (nSPS) is 20.5. The molecule has 2 heterocycles. The van der Waals surface area contributed by atoms with Crippen molar-refractivity contribution in [3.05, 3.63) is 23.8 Å². The van der Waals surface area contributed by atoms with Gasteiger partial charge in [0.15, 0.2) is 11.5 Å². The Hall–Kier alpha value is -2.24. The molecule has 0 spiro atoms. The lowest BCUT2D eigenvalue weighted by Crippen LogP contribution is -2.41. The molecular weight excluding hydrogens is 272 g/mol. The maximum absolute atomic E-state index is 12.2. The van der Waals surface area contributed by atoms with Crippen LogP contribution in [-0.2, 0) is 16.1 Å². The summed E-state index contributed by atoms with van der Waals surface area (Å²) < 4.78 is 10.7. The van der Waals surface area contributed by atoms with Gasteiger partial charge >= 0.3 is 0 Å². The van der Waals surface area contributed by atoms with Crippen LogP contribution in [0.25, 0.3) is 0 Å². The number of ether oxygens (including phenoxy) is 2. The number of carbonyl (C=O) groups excluding carboxylic acids is 2. The molecule has 0 aromatic heterocycles. The molecule has 1 atom stereocenters. The summed E-state index contributed by atoms with van der Waals surface area (Å²) in [5.74, 6) is 1.11. The predicted octanol–water partition coefficient (Wildman–Crippen LogP) is 0.900. The van der Waals surface area contributed by atoms with Crippen LogP contribution >= 0.6 is 0 Å². The van der Waals surface area contributed by atoms with Crippen LogP contribution in [0.2, 0.25) is 0 Å². The molecule has 1 aromatic carbocycles. The molecule has 0 aliphatic carbocycles. The second-order valence-corrected chi connectivity index (χ2v) is 5.37. The van der Waals surface area contributed by atoms with Crippen LogP contribution in [0.3, 0.4) is 0 Å². The summed E-state index contributed by atoms with van der Waals surface area (Å²) in [6.45, 7) is 1.23. The van der Waals surface area contributed by atoms with Crippen LogP contribution in [0.5, 0.6) is 11.5 Å². The van der Waals surface area contributed by atoms with E-state index < -0.39 is 0 Å². The number of piperidine rings is 1. The Morgan fingerprint density at radius 2 is 2.29 bits per heavy atom. The second kappa shape index (κ2) is 5.63. The van der Waals surface area contributed by atoms with Gasteiger partial charge in [-0.1, -0.05) is 12.1 Å². The first-order valence-corrected chi connectivity index (χ1v) is 7.04. The average molecular weight is 290 g/mol. The zero-order valence-corrected chi connectivity index (χ0v) is 11.9. The fourth-order valence-corrected chi connectivity index (χ4v) is 2.62. The maximum Gasteiger partial charge on any atom is 0.231 e. The fraction of sp³-hybridized carbons (Fsp3) is 0.467. The molecule has 1 fully saturated rings. The molecule has 6 heteroatoms. The summed E-state index contributed by atoms with van der Waals surface area (Å²) in [5, 5.41) is 2.89. The van der Waals surface area contributed by atoms with E-state index in [0.29, 0.717) is 31.0 Å². The third-order valence-electron chi connectivity index (χ3n) is 3.96. The number of rotatable bonds is 3. The highest BCUT2D eigenvalue weighted by molar-refractivity contribution is 5.86. The van der Waals surface area contributed by atoms with Gasteiger partial charge < -0.3 is 19.7 Å². The first-order chi connectivity index (χ1) is 10.1. The van der Waals surface area contributed by atoms with E-state index in [0.717, 1.165) is 5.56 Å². The number of nitrogens with one attached hydrogen (secondary N) is 1. The number of nitrogens with zero attached hydrogens (tertiary/aromatic N) is 1. The van der Waals surface area contributed by atoms with Gasteiger partial charge in [0, 0.05) is 38.0 Å². The van der Waals surface area contributed by atoms with Crippen LogP contribution in [0.1, 0.15) is 18.4 Å². The van der Waals surface area contributed by atoms with Crippen molar-refractivity contribution < 1.29 is 19.1 Å². The lowest BCUT2D eigenvalue weighted by Gasteiger charge is -2.27. The molecule has 2 aliphatic rings. The number of fused-ring (bicyclic) bond motifs is 1. The van der Waals surface area contributed by atoms with Crippen molar-refractivity contribution in [2.24, 2.45) is 5.92 Å². The Morgan fingerprint density at radius 1 is 1.43 bits per heavy atom. The van der Waals surface area contributed by atoms with Crippen molar-refractivity contribution in [1.82, 2.24) is 10.2 Å². The minimum absolute atomic E-state index is 0.0266. The third kappa shape index (κ3) is 2.79. The van der Waals surface area contributed by atoms with E-state index >= 15 is 0 Å². The molecule has 2 amide bonds. The Balaban J connectivity index is 1.59. The number of hydrogen-bond donors (Lipinski definition) is 1. The molecule has 6 nitrogen and oxygen atoms in total. The van der Waals surface area contributed by atoms with Crippen LogP contribution in [0.4, 0.5) is 0 Å². The van der Waals surface area contributed by atoms with Crippen LogP contribution < -0.4 is 14.8 Å². The number of likely N-dealkylation sites (tertiary alicyclic amines) is 1. The fourth-order valence-electron chi connectivity index (χ4n) is 2.62. The van der Waals surface area contributed by atoms with Gasteiger partial charge in [-0.25, -0.2) is 0 Å². The van der Waals surface area contributed by atoms with Gasteiger partial charge in [-0.05, 0) is 12.5 Å². The third-order valence-corrected chi connectivity index (χ3v) is 3.96. The molecule has 1 unspecified atom stereocenters. The van der Waals surface area contributed by atoms with E-state index in [2.05, 4.69) is 5.32 Å². The van der Waals surface area contributed by atoms with Gasteiger partial charge in [-0.3, -0.25) is 9.59 Å². The van der Waals surface area contributed by atoms with Crippen molar-refractivity contribution in [3.8, 4) is 11.5 Å². The molecule has 1 aromatic rings. The highest BCUT2D eigenvalue weighted by Crippen LogP contribution is 2.35. The van der Waals surface area contributed by atoms with Gasteiger partial charge in [0.05, 0.1) is 0 Å². The highest BCUT2D eigenvalue weighted by Gasteiger charge is 2.28. The summed E-state index contributed by atoms with van der Waals surface area (Å²) in [5.41, 5.74) is 0.887. The summed E-state index contributed by atoms with van der Waals surface area (Å²) in [6.07, 6.45) is 0.995. The summed E-state index contributed by atoms with van der Waals surface area (Å²) in [6, 6.07) is 5.60. The van der Waals surface area contributed by atoms with Crippen LogP contribution in [-0.4, -0.2) is 37.1 Å². The Morgan fingerprint density at radius 3 is 3.10 bits per heavy atom. The lowest BCUT2D eigenvalue weighted by atomic mass is 9.95. The Kier molecular flexibility index (Phi) is 3.68. The predicted molar refractivity (Wildman–Crippen MR) is 74.8 cm³/mol. The van der Waals surface area contributed by atoms with E-state index in [9.17, 15) is 9.59 Å². The molecule has 112 valence electrons. The molecule has 0 radical (unpaired) electrons. The largest absolute Gasteiger partial charge is 0.454 e. The molecule has 1 saturated heterocycles. The molecule has 3 rings (SSSR count). The number of amides is 2. The van der Waals surface area contributed by atoms with Crippen LogP contribution in [0, 0.1) is 5.92 Å². The second-order valence-electron chi connectivity index (χ2n) is 5.37. The SMILES string of the molecule is CN1CCC(C(=O)NCc2cccc3c2OCO3)CC1=O. The number of para-hydroxylation sites is 1. The first-order valence-electron chi connectivity index (χ1n) is 7.04. The summed E-state index contributed by atoms with van der Waals surface area (Å²) in [7, 11) is 1.76. The Bertz CT molecular complexity index is 573. The van der Waals surface area contributed by atoms with Gasteiger partial charge in [-0.15, -0.1) is 0 Å². The molecular formula is C15H18N2O4.